The Kier molecular flexibility index (Phi) is 12.6. The van der Waals surface area contributed by atoms with Gasteiger partial charge in [0.1, 0.15) is 0 Å². The molecule has 0 radical (unpaired) electrons. The minimum Gasteiger partial charge on any atom is -0.478 e. The molecule has 0 amide bonds. The van der Waals surface area contributed by atoms with Crippen LogP contribution in [0.2, 0.25) is 0 Å². The molecule has 0 saturated carbocycles. The maximum Gasteiger partial charge on any atom is 1.00 e. The zero-order valence-corrected chi connectivity index (χ0v) is 10.5. The Morgan fingerprint density at radius 3 is 1.69 bits per heavy atom. The Morgan fingerprint density at radius 1 is 1.54 bits per heavy atom. The van der Waals surface area contributed by atoms with Gasteiger partial charge in [0.15, 0.2) is 0 Å². The van der Waals surface area contributed by atoms with Crippen molar-refractivity contribution in [3.05, 3.63) is 19.1 Å². The van der Waals surface area contributed by atoms with Crippen molar-refractivity contribution in [1.29, 1.82) is 0 Å². The molecule has 0 aromatic heterocycles. The summed E-state index contributed by atoms with van der Waals surface area (Å²) < 4.78 is 26.7. The van der Waals surface area contributed by atoms with Crippen LogP contribution in [0.25, 0.3) is 0 Å². The first kappa shape index (κ1) is 18.8. The van der Waals surface area contributed by atoms with Gasteiger partial charge in [-0.1, -0.05) is 12.3 Å². The third-order valence-corrected chi connectivity index (χ3v) is 1.14. The van der Waals surface area contributed by atoms with E-state index in [2.05, 4.69) is 13.5 Å². The van der Waals surface area contributed by atoms with Crippen molar-refractivity contribution in [3.63, 3.8) is 0 Å². The van der Waals surface area contributed by atoms with Crippen LogP contribution >= 0.6 is 0 Å². The second-order valence-electron chi connectivity index (χ2n) is 1.87. The van der Waals surface area contributed by atoms with Crippen molar-refractivity contribution in [2.75, 3.05) is 5.75 Å². The Balaban J connectivity index is -0.000000143. The van der Waals surface area contributed by atoms with Gasteiger partial charge in [0.05, 0.1) is 0 Å². The molecule has 0 rings (SSSR count). The van der Waals surface area contributed by atoms with Crippen molar-refractivity contribution in [2.24, 2.45) is 0 Å². The van der Waals surface area contributed by atoms with Crippen LogP contribution in [0.15, 0.2) is 12.2 Å². The van der Waals surface area contributed by atoms with Gasteiger partial charge in [-0.2, -0.15) is 0 Å². The molecule has 0 aliphatic carbocycles. The van der Waals surface area contributed by atoms with Crippen molar-refractivity contribution >= 4 is 16.1 Å². The Hall–Kier alpha value is 0.120. The van der Waals surface area contributed by atoms with E-state index in [0.29, 0.717) is 0 Å². The molecule has 0 aliphatic heterocycles. The van der Waals surface area contributed by atoms with Crippen LogP contribution in [-0.2, 0) is 14.9 Å². The summed E-state index contributed by atoms with van der Waals surface area (Å²) in [7, 11) is -3.77. The monoisotopic (exact) mass is 218 g/mol. The minimum atomic E-state index is -3.77. The molecule has 5 nitrogen and oxygen atoms in total. The molecule has 0 atom stereocenters. The van der Waals surface area contributed by atoms with E-state index in [-0.39, 0.29) is 35.1 Å². The summed E-state index contributed by atoms with van der Waals surface area (Å²) in [6, 6.07) is 0. The number of carboxylic acid groups (broad SMARTS) is 1. The van der Waals surface area contributed by atoms with Gasteiger partial charge in [-0.3, -0.25) is 4.55 Å². The summed E-state index contributed by atoms with van der Waals surface area (Å²) in [5, 5.41) is 7.89. The van der Waals surface area contributed by atoms with Gasteiger partial charge in [-0.05, 0) is 6.92 Å². The minimum absolute atomic E-state index is 0. The topological polar surface area (TPSA) is 91.7 Å². The van der Waals surface area contributed by atoms with Crippen LogP contribution < -0.4 is 29.6 Å². The average Bonchev–Trinajstić information content (AvgIpc) is 1.87. The van der Waals surface area contributed by atoms with Gasteiger partial charge in [-0.25, -0.2) is 13.2 Å². The largest absolute Gasteiger partial charge is 1.00 e. The third kappa shape index (κ3) is 24.5. The number of hydrogen-bond donors (Lipinski definition) is 2. The first-order valence-electron chi connectivity index (χ1n) is 2.84. The van der Waals surface area contributed by atoms with E-state index in [1.807, 2.05) is 0 Å². The van der Waals surface area contributed by atoms with E-state index in [0.717, 1.165) is 0 Å². The summed E-state index contributed by atoms with van der Waals surface area (Å²) >= 11 is 0. The first-order valence-corrected chi connectivity index (χ1v) is 4.45. The SMILES string of the molecule is C=C(C)C(=O)O.[CH2-]CS(=O)(=O)O.[Na+]. The predicted octanol–water partition coefficient (Wildman–Crippen LogP) is -2.64. The van der Waals surface area contributed by atoms with E-state index in [1.54, 1.807) is 0 Å². The quantitative estimate of drug-likeness (QED) is 0.229. The van der Waals surface area contributed by atoms with Crippen LogP contribution in [0.1, 0.15) is 6.92 Å². The normalized spacial score (nSPS) is 8.85. The molecule has 0 fully saturated rings. The summed E-state index contributed by atoms with van der Waals surface area (Å²) in [5.41, 5.74) is 0.176. The molecule has 0 bridgehead atoms. The van der Waals surface area contributed by atoms with Crippen molar-refractivity contribution in [3.8, 4) is 0 Å². The predicted molar refractivity (Wildman–Crippen MR) is 44.2 cm³/mol. The van der Waals surface area contributed by atoms with E-state index in [1.165, 1.54) is 6.92 Å². The van der Waals surface area contributed by atoms with Crippen molar-refractivity contribution < 1.29 is 52.4 Å². The van der Waals surface area contributed by atoms with E-state index < -0.39 is 21.8 Å². The van der Waals surface area contributed by atoms with Crippen LogP contribution in [0, 0.1) is 6.92 Å². The number of hydrogen-bond acceptors (Lipinski definition) is 3. The maximum atomic E-state index is 9.60. The molecule has 72 valence electrons. The van der Waals surface area contributed by atoms with Gasteiger partial charge < -0.3 is 12.0 Å². The molecule has 0 heterocycles. The maximum absolute atomic E-state index is 9.60. The van der Waals surface area contributed by atoms with E-state index in [9.17, 15) is 13.2 Å². The van der Waals surface area contributed by atoms with Crippen molar-refractivity contribution in [2.45, 2.75) is 6.92 Å². The molecule has 7 heteroatoms. The Labute approximate surface area is 99.9 Å². The van der Waals surface area contributed by atoms with Gasteiger partial charge in [0.25, 0.3) is 0 Å². The van der Waals surface area contributed by atoms with Gasteiger partial charge in [0, 0.05) is 5.57 Å². The fraction of sp³-hybridized carbons (Fsp3) is 0.333. The number of carboxylic acids is 1. The van der Waals surface area contributed by atoms with Crippen LogP contribution in [0.3, 0.4) is 0 Å². The molecular formula is C6H11NaO5S. The van der Waals surface area contributed by atoms with Gasteiger partial charge in [-0.15, -0.1) is 0 Å². The van der Waals surface area contributed by atoms with E-state index >= 15 is 0 Å². The summed E-state index contributed by atoms with van der Waals surface area (Å²) in [6.45, 7) is 7.52. The molecule has 0 spiro atoms. The molecule has 13 heavy (non-hydrogen) atoms. The fourth-order valence-corrected chi connectivity index (χ4v) is 0. The second kappa shape index (κ2) is 8.71. The van der Waals surface area contributed by atoms with Crippen LogP contribution in [-0.4, -0.2) is 29.8 Å². The molecule has 2 N–H and O–H groups in total. The molecule has 0 saturated heterocycles. The summed E-state index contributed by atoms with van der Waals surface area (Å²) in [5.74, 6) is -1.39. The molecular weight excluding hydrogens is 207 g/mol. The summed E-state index contributed by atoms with van der Waals surface area (Å²) in [4.78, 5) is 9.60. The Morgan fingerprint density at radius 2 is 1.69 bits per heavy atom. The zero-order chi connectivity index (χ0) is 10.4. The van der Waals surface area contributed by atoms with Crippen LogP contribution in [0.4, 0.5) is 0 Å². The Bertz CT molecular complexity index is 244. The van der Waals surface area contributed by atoms with Crippen LogP contribution in [0.5, 0.6) is 0 Å². The fourth-order valence-electron chi connectivity index (χ4n) is 0. The average molecular weight is 218 g/mol. The zero-order valence-electron chi connectivity index (χ0n) is 7.65. The standard InChI is InChI=1S/C4H6O2.C2H5O3S.Na/c1-3(2)4(5)6;1-2-6(3,4)5;/h1H2,2H3,(H,5,6);1-2H2,(H,3,4,5);/q;-1;+1. The number of carbonyl (C=O) groups is 1. The second-order valence-corrected chi connectivity index (χ2v) is 3.44. The van der Waals surface area contributed by atoms with Gasteiger partial charge >= 0.3 is 35.5 Å². The van der Waals surface area contributed by atoms with E-state index in [4.69, 9.17) is 9.66 Å². The molecule has 0 aromatic rings. The van der Waals surface area contributed by atoms with Crippen molar-refractivity contribution in [1.82, 2.24) is 0 Å². The smallest absolute Gasteiger partial charge is 0.478 e. The first-order chi connectivity index (χ1) is 5.20. The molecule has 0 unspecified atom stereocenters. The molecule has 0 aromatic carbocycles. The number of rotatable bonds is 2. The summed E-state index contributed by atoms with van der Waals surface area (Å²) in [6.07, 6.45) is 0. The number of aliphatic carboxylic acids is 1. The third-order valence-electron chi connectivity index (χ3n) is 0.623. The molecule has 0 aliphatic rings. The van der Waals surface area contributed by atoms with Gasteiger partial charge in [0.2, 0.25) is 10.1 Å².